The van der Waals surface area contributed by atoms with Crippen LogP contribution in [0.5, 0.6) is 0 Å². The standard InChI is InChI=1S/C20H24O/c1-3-4-7-16-8-5-6-9-18(16)14-15(2)19-12-13-20(21-19)17-10-11-17/h5-6,8-9,12-13,17H,2-4,7,10-11,14H2,1H3. The molecule has 0 atom stereocenters. The molecule has 1 heterocycles. The highest BCUT2D eigenvalue weighted by atomic mass is 16.3. The minimum atomic E-state index is 0.670. The van der Waals surface area contributed by atoms with Crippen LogP contribution in [-0.2, 0) is 12.8 Å². The van der Waals surface area contributed by atoms with E-state index < -0.39 is 0 Å². The minimum Gasteiger partial charge on any atom is -0.461 e. The average molecular weight is 280 g/mol. The predicted molar refractivity (Wildman–Crippen MR) is 88.5 cm³/mol. The van der Waals surface area contributed by atoms with Crippen LogP contribution in [0.3, 0.4) is 0 Å². The van der Waals surface area contributed by atoms with Crippen molar-refractivity contribution in [3.8, 4) is 0 Å². The molecule has 0 spiro atoms. The van der Waals surface area contributed by atoms with Crippen molar-refractivity contribution in [3.05, 3.63) is 65.6 Å². The van der Waals surface area contributed by atoms with Gasteiger partial charge in [-0.25, -0.2) is 0 Å². The van der Waals surface area contributed by atoms with E-state index in [4.69, 9.17) is 4.42 Å². The fraction of sp³-hybridized carbons (Fsp3) is 0.400. The van der Waals surface area contributed by atoms with E-state index in [-0.39, 0.29) is 0 Å². The van der Waals surface area contributed by atoms with Crippen molar-refractivity contribution in [1.82, 2.24) is 0 Å². The van der Waals surface area contributed by atoms with E-state index in [0.29, 0.717) is 5.92 Å². The van der Waals surface area contributed by atoms with Crippen molar-refractivity contribution >= 4 is 5.57 Å². The van der Waals surface area contributed by atoms with Crippen LogP contribution in [-0.4, -0.2) is 0 Å². The Kier molecular flexibility index (Phi) is 4.28. The second kappa shape index (κ2) is 6.34. The number of benzene rings is 1. The maximum atomic E-state index is 5.96. The third-order valence-corrected chi connectivity index (χ3v) is 4.28. The van der Waals surface area contributed by atoms with Crippen LogP contribution < -0.4 is 0 Å². The maximum Gasteiger partial charge on any atom is 0.130 e. The van der Waals surface area contributed by atoms with Crippen LogP contribution in [0.2, 0.25) is 0 Å². The molecule has 1 fully saturated rings. The van der Waals surface area contributed by atoms with Crippen molar-refractivity contribution in [2.75, 3.05) is 0 Å². The molecule has 0 saturated heterocycles. The van der Waals surface area contributed by atoms with Gasteiger partial charge in [0.2, 0.25) is 0 Å². The Morgan fingerprint density at radius 1 is 1.14 bits per heavy atom. The number of unbranched alkanes of at least 4 members (excludes halogenated alkanes) is 1. The summed E-state index contributed by atoms with van der Waals surface area (Å²) in [5.41, 5.74) is 3.93. The second-order valence-corrected chi connectivity index (χ2v) is 6.13. The van der Waals surface area contributed by atoms with Gasteiger partial charge in [-0.05, 0) is 54.5 Å². The van der Waals surface area contributed by atoms with Crippen molar-refractivity contribution in [1.29, 1.82) is 0 Å². The Morgan fingerprint density at radius 3 is 2.62 bits per heavy atom. The summed E-state index contributed by atoms with van der Waals surface area (Å²) in [5.74, 6) is 2.77. The van der Waals surface area contributed by atoms with Crippen LogP contribution >= 0.6 is 0 Å². The van der Waals surface area contributed by atoms with Crippen LogP contribution in [0.4, 0.5) is 0 Å². The topological polar surface area (TPSA) is 13.1 Å². The highest BCUT2D eigenvalue weighted by Gasteiger charge is 2.27. The molecular weight excluding hydrogens is 256 g/mol. The third-order valence-electron chi connectivity index (χ3n) is 4.28. The van der Waals surface area contributed by atoms with Gasteiger partial charge in [0.25, 0.3) is 0 Å². The Labute approximate surface area is 127 Å². The van der Waals surface area contributed by atoms with Crippen LogP contribution in [0.15, 0.2) is 47.4 Å². The molecule has 110 valence electrons. The molecule has 0 amide bonds. The normalized spacial score (nSPS) is 14.3. The summed E-state index contributed by atoms with van der Waals surface area (Å²) in [7, 11) is 0. The highest BCUT2D eigenvalue weighted by molar-refractivity contribution is 5.62. The molecule has 1 aliphatic rings. The van der Waals surface area contributed by atoms with Crippen molar-refractivity contribution in [3.63, 3.8) is 0 Å². The summed E-state index contributed by atoms with van der Waals surface area (Å²) < 4.78 is 5.96. The molecule has 0 unspecified atom stereocenters. The van der Waals surface area contributed by atoms with Crippen LogP contribution in [0, 0.1) is 0 Å². The number of allylic oxidation sites excluding steroid dienone is 1. The van der Waals surface area contributed by atoms with E-state index in [1.165, 1.54) is 36.8 Å². The van der Waals surface area contributed by atoms with Gasteiger partial charge in [-0.15, -0.1) is 0 Å². The predicted octanol–water partition coefficient (Wildman–Crippen LogP) is 5.76. The Morgan fingerprint density at radius 2 is 1.90 bits per heavy atom. The fourth-order valence-electron chi connectivity index (χ4n) is 2.79. The maximum absolute atomic E-state index is 5.96. The number of hydrogen-bond acceptors (Lipinski definition) is 1. The summed E-state index contributed by atoms with van der Waals surface area (Å²) >= 11 is 0. The third kappa shape index (κ3) is 3.47. The summed E-state index contributed by atoms with van der Waals surface area (Å²) in [6, 6.07) is 12.9. The smallest absolute Gasteiger partial charge is 0.130 e. The van der Waals surface area contributed by atoms with Gasteiger partial charge in [0.05, 0.1) is 0 Å². The van der Waals surface area contributed by atoms with Crippen LogP contribution in [0.25, 0.3) is 5.57 Å². The fourth-order valence-corrected chi connectivity index (χ4v) is 2.79. The van der Waals surface area contributed by atoms with Gasteiger partial charge in [0.15, 0.2) is 0 Å². The Bertz CT molecular complexity index is 616. The first-order chi connectivity index (χ1) is 10.3. The summed E-state index contributed by atoms with van der Waals surface area (Å²) in [6.07, 6.45) is 7.08. The zero-order valence-electron chi connectivity index (χ0n) is 12.9. The summed E-state index contributed by atoms with van der Waals surface area (Å²) in [5, 5.41) is 0. The van der Waals surface area contributed by atoms with Gasteiger partial charge in [-0.3, -0.25) is 0 Å². The van der Waals surface area contributed by atoms with E-state index in [9.17, 15) is 0 Å². The van der Waals surface area contributed by atoms with Gasteiger partial charge in [0, 0.05) is 12.3 Å². The SMILES string of the molecule is C=C(Cc1ccccc1CCCC)c1ccc(C2CC2)o1. The molecule has 3 rings (SSSR count). The number of aryl methyl sites for hydroxylation is 1. The largest absolute Gasteiger partial charge is 0.461 e. The molecule has 1 heteroatoms. The van der Waals surface area contributed by atoms with Crippen molar-refractivity contribution in [2.24, 2.45) is 0 Å². The molecule has 1 nitrogen and oxygen atoms in total. The number of hydrogen-bond donors (Lipinski definition) is 0. The molecule has 1 aliphatic carbocycles. The number of rotatable bonds is 7. The first-order valence-corrected chi connectivity index (χ1v) is 8.12. The lowest BCUT2D eigenvalue weighted by molar-refractivity contribution is 0.499. The molecule has 2 aromatic rings. The van der Waals surface area contributed by atoms with E-state index >= 15 is 0 Å². The molecule has 21 heavy (non-hydrogen) atoms. The molecule has 0 bridgehead atoms. The number of furan rings is 1. The minimum absolute atomic E-state index is 0.670. The van der Waals surface area contributed by atoms with Crippen molar-refractivity contribution < 1.29 is 4.42 Å². The first-order valence-electron chi connectivity index (χ1n) is 8.12. The summed E-state index contributed by atoms with van der Waals surface area (Å²) in [4.78, 5) is 0. The zero-order chi connectivity index (χ0) is 14.7. The van der Waals surface area contributed by atoms with Crippen molar-refractivity contribution in [2.45, 2.75) is 51.4 Å². The molecule has 1 aromatic carbocycles. The second-order valence-electron chi connectivity index (χ2n) is 6.13. The van der Waals surface area contributed by atoms with E-state index in [0.717, 1.165) is 29.9 Å². The lowest BCUT2D eigenvalue weighted by Crippen LogP contribution is -1.96. The van der Waals surface area contributed by atoms with Gasteiger partial charge in [-0.1, -0.05) is 44.2 Å². The molecule has 0 aliphatic heterocycles. The summed E-state index contributed by atoms with van der Waals surface area (Å²) in [6.45, 7) is 6.48. The molecule has 0 N–H and O–H groups in total. The highest BCUT2D eigenvalue weighted by Crippen LogP contribution is 2.41. The van der Waals surface area contributed by atoms with E-state index in [1.807, 2.05) is 0 Å². The van der Waals surface area contributed by atoms with Crippen LogP contribution in [0.1, 0.15) is 61.2 Å². The first kappa shape index (κ1) is 14.2. The lowest BCUT2D eigenvalue weighted by Gasteiger charge is -2.10. The van der Waals surface area contributed by atoms with E-state index in [1.54, 1.807) is 0 Å². The zero-order valence-corrected chi connectivity index (χ0v) is 12.9. The van der Waals surface area contributed by atoms with Gasteiger partial charge in [0.1, 0.15) is 11.5 Å². The lowest BCUT2D eigenvalue weighted by atomic mass is 9.96. The van der Waals surface area contributed by atoms with Gasteiger partial charge < -0.3 is 4.42 Å². The Hall–Kier alpha value is -1.76. The van der Waals surface area contributed by atoms with Gasteiger partial charge in [-0.2, -0.15) is 0 Å². The quantitative estimate of drug-likeness (QED) is 0.629. The molecule has 1 saturated carbocycles. The average Bonchev–Trinajstić information content (AvgIpc) is 3.23. The Balaban J connectivity index is 1.71. The van der Waals surface area contributed by atoms with E-state index in [2.05, 4.69) is 49.9 Å². The molecule has 1 aromatic heterocycles. The molecular formula is C20H24O. The van der Waals surface area contributed by atoms with Gasteiger partial charge >= 0.3 is 0 Å². The monoisotopic (exact) mass is 280 g/mol. The molecule has 0 radical (unpaired) electrons.